The molecule has 0 saturated carbocycles. The highest BCUT2D eigenvalue weighted by atomic mass is 16.5. The van der Waals surface area contributed by atoms with Crippen LogP contribution in [0.15, 0.2) is 59.7 Å². The second-order valence-electron chi connectivity index (χ2n) is 5.22. The van der Waals surface area contributed by atoms with E-state index >= 15 is 0 Å². The minimum absolute atomic E-state index is 0.0818. The number of hydrogen-bond acceptors (Lipinski definition) is 5. The standard InChI is InChI=1S/C17H17N3O3/c21-14(12-23-11-13-5-2-1-3-6-13)10-20-17(22)15-7-4-8-18-16(15)9-19-20/h1-9,14,21H,10-12H2. The van der Waals surface area contributed by atoms with Gasteiger partial charge in [-0.1, -0.05) is 30.3 Å². The number of ether oxygens (including phenoxy) is 1. The first-order valence-electron chi connectivity index (χ1n) is 7.34. The monoisotopic (exact) mass is 311 g/mol. The Bertz CT molecular complexity index is 833. The van der Waals surface area contributed by atoms with E-state index in [2.05, 4.69) is 10.1 Å². The van der Waals surface area contributed by atoms with Crippen LogP contribution in [0.25, 0.3) is 10.9 Å². The van der Waals surface area contributed by atoms with Gasteiger partial charge in [-0.2, -0.15) is 5.10 Å². The Morgan fingerprint density at radius 3 is 2.83 bits per heavy atom. The molecule has 0 saturated heterocycles. The van der Waals surface area contributed by atoms with E-state index in [1.165, 1.54) is 10.9 Å². The van der Waals surface area contributed by atoms with Crippen LogP contribution in [-0.2, 0) is 17.9 Å². The molecule has 0 radical (unpaired) electrons. The van der Waals surface area contributed by atoms with Crippen LogP contribution in [0.3, 0.4) is 0 Å². The van der Waals surface area contributed by atoms with Crippen molar-refractivity contribution >= 4 is 10.9 Å². The van der Waals surface area contributed by atoms with Gasteiger partial charge < -0.3 is 9.84 Å². The van der Waals surface area contributed by atoms with Gasteiger partial charge in [0.15, 0.2) is 0 Å². The molecule has 0 amide bonds. The summed E-state index contributed by atoms with van der Waals surface area (Å²) in [5.74, 6) is 0. The molecule has 0 aliphatic rings. The molecule has 2 aromatic heterocycles. The lowest BCUT2D eigenvalue weighted by Gasteiger charge is -2.12. The summed E-state index contributed by atoms with van der Waals surface area (Å²) in [5, 5.41) is 14.6. The summed E-state index contributed by atoms with van der Waals surface area (Å²) in [4.78, 5) is 16.4. The van der Waals surface area contributed by atoms with Crippen molar-refractivity contribution in [2.75, 3.05) is 6.61 Å². The number of rotatable bonds is 6. The first kappa shape index (κ1) is 15.3. The van der Waals surface area contributed by atoms with Crippen LogP contribution in [0.1, 0.15) is 5.56 Å². The van der Waals surface area contributed by atoms with Gasteiger partial charge in [0.05, 0.1) is 43.0 Å². The predicted molar refractivity (Wildman–Crippen MR) is 85.9 cm³/mol. The van der Waals surface area contributed by atoms with Gasteiger partial charge in [0.2, 0.25) is 0 Å². The normalized spacial score (nSPS) is 12.4. The summed E-state index contributed by atoms with van der Waals surface area (Å²) < 4.78 is 6.71. The number of aromatic nitrogens is 3. The Balaban J connectivity index is 1.60. The topological polar surface area (TPSA) is 77.2 Å². The zero-order chi connectivity index (χ0) is 16.1. The fourth-order valence-electron chi connectivity index (χ4n) is 2.29. The molecule has 1 N–H and O–H groups in total. The molecular formula is C17H17N3O3. The van der Waals surface area contributed by atoms with Gasteiger partial charge in [0, 0.05) is 6.20 Å². The third-order valence-corrected chi connectivity index (χ3v) is 3.43. The summed E-state index contributed by atoms with van der Waals surface area (Å²) >= 11 is 0. The van der Waals surface area contributed by atoms with Gasteiger partial charge in [0.25, 0.3) is 5.56 Å². The first-order valence-corrected chi connectivity index (χ1v) is 7.34. The predicted octanol–water partition coefficient (Wildman–Crippen LogP) is 1.37. The van der Waals surface area contributed by atoms with Crippen LogP contribution in [0, 0.1) is 0 Å². The Morgan fingerprint density at radius 2 is 2.00 bits per heavy atom. The highest BCUT2D eigenvalue weighted by Gasteiger charge is 2.10. The SMILES string of the molecule is O=c1c2cccnc2cnn1CC(O)COCc1ccccc1. The van der Waals surface area contributed by atoms with Crippen LogP contribution in [-0.4, -0.2) is 32.6 Å². The maximum Gasteiger partial charge on any atom is 0.276 e. The number of nitrogens with zero attached hydrogens (tertiary/aromatic N) is 3. The van der Waals surface area contributed by atoms with Crippen LogP contribution in [0.5, 0.6) is 0 Å². The summed E-state index contributed by atoms with van der Waals surface area (Å²) in [5.41, 5.74) is 1.31. The maximum atomic E-state index is 12.3. The fourth-order valence-corrected chi connectivity index (χ4v) is 2.29. The van der Waals surface area contributed by atoms with Gasteiger partial charge in [-0.25, -0.2) is 4.68 Å². The molecule has 3 aromatic rings. The maximum absolute atomic E-state index is 12.3. The molecule has 1 atom stereocenters. The quantitative estimate of drug-likeness (QED) is 0.744. The van der Waals surface area contributed by atoms with Crippen LogP contribution >= 0.6 is 0 Å². The lowest BCUT2D eigenvalue weighted by Crippen LogP contribution is -2.31. The first-order chi connectivity index (χ1) is 11.2. The zero-order valence-electron chi connectivity index (χ0n) is 12.5. The van der Waals surface area contributed by atoms with Crippen molar-refractivity contribution in [2.24, 2.45) is 0 Å². The molecule has 0 spiro atoms. The van der Waals surface area contributed by atoms with E-state index in [1.54, 1.807) is 18.3 Å². The third kappa shape index (κ3) is 3.80. The van der Waals surface area contributed by atoms with Crippen LogP contribution in [0.2, 0.25) is 0 Å². The highest BCUT2D eigenvalue weighted by molar-refractivity contribution is 5.75. The smallest absolute Gasteiger partial charge is 0.276 e. The van der Waals surface area contributed by atoms with E-state index in [9.17, 15) is 9.90 Å². The van der Waals surface area contributed by atoms with Gasteiger partial charge in [0.1, 0.15) is 0 Å². The molecule has 0 aliphatic carbocycles. The Hall–Kier alpha value is -2.57. The van der Waals surface area contributed by atoms with E-state index < -0.39 is 6.10 Å². The fraction of sp³-hybridized carbons (Fsp3) is 0.235. The van der Waals surface area contributed by atoms with E-state index in [1.807, 2.05) is 30.3 Å². The molecule has 3 rings (SSSR count). The van der Waals surface area contributed by atoms with Crippen molar-refractivity contribution in [3.63, 3.8) is 0 Å². The number of pyridine rings is 1. The Morgan fingerprint density at radius 1 is 1.17 bits per heavy atom. The summed E-state index contributed by atoms with van der Waals surface area (Å²) in [6.45, 7) is 0.633. The molecule has 6 nitrogen and oxygen atoms in total. The van der Waals surface area contributed by atoms with Gasteiger partial charge >= 0.3 is 0 Å². The minimum atomic E-state index is -0.807. The molecule has 6 heteroatoms. The second-order valence-corrected chi connectivity index (χ2v) is 5.22. The van der Waals surface area contributed by atoms with E-state index in [0.717, 1.165) is 5.56 Å². The van der Waals surface area contributed by atoms with E-state index in [4.69, 9.17) is 4.74 Å². The van der Waals surface area contributed by atoms with Crippen molar-refractivity contribution in [1.82, 2.24) is 14.8 Å². The lowest BCUT2D eigenvalue weighted by atomic mass is 10.2. The second kappa shape index (κ2) is 7.13. The summed E-state index contributed by atoms with van der Waals surface area (Å²) in [6, 6.07) is 13.1. The number of fused-ring (bicyclic) bond motifs is 1. The largest absolute Gasteiger partial charge is 0.389 e. The van der Waals surface area contributed by atoms with E-state index in [0.29, 0.717) is 17.5 Å². The molecule has 118 valence electrons. The van der Waals surface area contributed by atoms with Crippen molar-refractivity contribution in [1.29, 1.82) is 0 Å². The number of aliphatic hydroxyl groups is 1. The number of aliphatic hydroxyl groups excluding tert-OH is 1. The molecule has 1 unspecified atom stereocenters. The van der Waals surface area contributed by atoms with Gasteiger partial charge in [-0.15, -0.1) is 0 Å². The van der Waals surface area contributed by atoms with Crippen LogP contribution < -0.4 is 5.56 Å². The molecular weight excluding hydrogens is 294 g/mol. The minimum Gasteiger partial charge on any atom is -0.389 e. The molecule has 0 bridgehead atoms. The molecule has 2 heterocycles. The molecule has 0 aliphatic heterocycles. The Labute approximate surface area is 133 Å². The number of hydrogen-bond donors (Lipinski definition) is 1. The van der Waals surface area contributed by atoms with Crippen molar-refractivity contribution in [3.05, 3.63) is 70.8 Å². The third-order valence-electron chi connectivity index (χ3n) is 3.43. The molecule has 23 heavy (non-hydrogen) atoms. The van der Waals surface area contributed by atoms with Crippen LogP contribution in [0.4, 0.5) is 0 Å². The van der Waals surface area contributed by atoms with Crippen molar-refractivity contribution in [3.8, 4) is 0 Å². The summed E-state index contributed by atoms with van der Waals surface area (Å²) in [6.07, 6.45) is 2.33. The summed E-state index contributed by atoms with van der Waals surface area (Å²) in [7, 11) is 0. The zero-order valence-corrected chi connectivity index (χ0v) is 12.5. The average Bonchev–Trinajstić information content (AvgIpc) is 2.59. The number of benzene rings is 1. The van der Waals surface area contributed by atoms with Gasteiger partial charge in [-0.05, 0) is 17.7 Å². The van der Waals surface area contributed by atoms with Crippen molar-refractivity contribution in [2.45, 2.75) is 19.3 Å². The molecule has 1 aromatic carbocycles. The van der Waals surface area contributed by atoms with E-state index in [-0.39, 0.29) is 18.7 Å². The lowest BCUT2D eigenvalue weighted by molar-refractivity contribution is 0.0181. The van der Waals surface area contributed by atoms with Gasteiger partial charge in [-0.3, -0.25) is 9.78 Å². The molecule has 0 fully saturated rings. The highest BCUT2D eigenvalue weighted by Crippen LogP contribution is 2.04. The Kier molecular flexibility index (Phi) is 4.75. The average molecular weight is 311 g/mol. The van der Waals surface area contributed by atoms with Crippen molar-refractivity contribution < 1.29 is 9.84 Å².